The highest BCUT2D eigenvalue weighted by Gasteiger charge is 2.25. The van der Waals surface area contributed by atoms with E-state index in [2.05, 4.69) is 6.58 Å². The molecule has 1 unspecified atom stereocenters. The standard InChI is InChI=1S/C11H12N2O6S/c1-2-4-10(11(14)15)12-20(18,19)9-6-3-5-8(7-9)13(16)17/h2-3,5-7,10,12H,1,4H2,(H,14,15). The average Bonchev–Trinajstić information content (AvgIpc) is 2.38. The molecule has 8 nitrogen and oxygen atoms in total. The van der Waals surface area contributed by atoms with Crippen molar-refractivity contribution in [2.45, 2.75) is 17.4 Å². The molecule has 0 saturated carbocycles. The van der Waals surface area contributed by atoms with Crippen LogP contribution in [0.1, 0.15) is 6.42 Å². The smallest absolute Gasteiger partial charge is 0.322 e. The first-order chi connectivity index (χ1) is 9.27. The summed E-state index contributed by atoms with van der Waals surface area (Å²) in [7, 11) is -4.17. The molecule has 108 valence electrons. The summed E-state index contributed by atoms with van der Waals surface area (Å²) >= 11 is 0. The zero-order valence-electron chi connectivity index (χ0n) is 10.2. The van der Waals surface area contributed by atoms with Crippen molar-refractivity contribution < 1.29 is 23.2 Å². The Balaban J connectivity index is 3.10. The van der Waals surface area contributed by atoms with E-state index in [1.807, 2.05) is 4.72 Å². The van der Waals surface area contributed by atoms with Crippen molar-refractivity contribution in [3.8, 4) is 0 Å². The van der Waals surface area contributed by atoms with Gasteiger partial charge in [0.1, 0.15) is 6.04 Å². The van der Waals surface area contributed by atoms with Crippen LogP contribution in [0.15, 0.2) is 41.8 Å². The van der Waals surface area contributed by atoms with E-state index in [9.17, 15) is 23.3 Å². The van der Waals surface area contributed by atoms with Crippen molar-refractivity contribution >= 4 is 21.7 Å². The molecule has 0 bridgehead atoms. The molecule has 0 heterocycles. The van der Waals surface area contributed by atoms with Gasteiger partial charge >= 0.3 is 5.97 Å². The number of hydrogen-bond donors (Lipinski definition) is 2. The Morgan fingerprint density at radius 3 is 2.70 bits per heavy atom. The lowest BCUT2D eigenvalue weighted by atomic mass is 10.2. The maximum atomic E-state index is 12.0. The number of hydrogen-bond acceptors (Lipinski definition) is 5. The quantitative estimate of drug-likeness (QED) is 0.437. The number of benzene rings is 1. The van der Waals surface area contributed by atoms with Crippen molar-refractivity contribution in [1.29, 1.82) is 0 Å². The first kappa shape index (κ1) is 15.8. The zero-order valence-corrected chi connectivity index (χ0v) is 11.0. The Hall–Kier alpha value is -2.26. The summed E-state index contributed by atoms with van der Waals surface area (Å²) in [6.07, 6.45) is 1.15. The monoisotopic (exact) mass is 300 g/mol. The topological polar surface area (TPSA) is 127 Å². The van der Waals surface area contributed by atoms with E-state index < -0.39 is 32.6 Å². The molecule has 1 rings (SSSR count). The maximum absolute atomic E-state index is 12.0. The maximum Gasteiger partial charge on any atom is 0.322 e. The SMILES string of the molecule is C=CCC(NS(=O)(=O)c1cccc([N+](=O)[O-])c1)C(=O)O. The lowest BCUT2D eigenvalue weighted by molar-refractivity contribution is -0.385. The van der Waals surface area contributed by atoms with E-state index in [4.69, 9.17) is 5.11 Å². The van der Waals surface area contributed by atoms with Crippen LogP contribution in [-0.4, -0.2) is 30.5 Å². The third kappa shape index (κ3) is 3.87. The lowest BCUT2D eigenvalue weighted by Crippen LogP contribution is -2.40. The largest absolute Gasteiger partial charge is 0.480 e. The van der Waals surface area contributed by atoms with Crippen LogP contribution in [0.4, 0.5) is 5.69 Å². The van der Waals surface area contributed by atoms with Crippen molar-refractivity contribution in [2.24, 2.45) is 0 Å². The molecule has 9 heteroatoms. The lowest BCUT2D eigenvalue weighted by Gasteiger charge is -2.12. The van der Waals surface area contributed by atoms with E-state index in [0.29, 0.717) is 0 Å². The van der Waals surface area contributed by atoms with Gasteiger partial charge in [-0.05, 0) is 12.5 Å². The van der Waals surface area contributed by atoms with Gasteiger partial charge in [-0.2, -0.15) is 4.72 Å². The number of carboxylic acids is 1. The van der Waals surface area contributed by atoms with Gasteiger partial charge in [-0.1, -0.05) is 12.1 Å². The Morgan fingerprint density at radius 1 is 1.55 bits per heavy atom. The third-order valence-corrected chi connectivity index (χ3v) is 3.81. The highest BCUT2D eigenvalue weighted by Crippen LogP contribution is 2.17. The Kier molecular flexibility index (Phi) is 4.94. The number of sulfonamides is 1. The van der Waals surface area contributed by atoms with Gasteiger partial charge in [-0.3, -0.25) is 14.9 Å². The fourth-order valence-corrected chi connectivity index (χ4v) is 2.63. The minimum Gasteiger partial charge on any atom is -0.480 e. The van der Waals surface area contributed by atoms with Crippen molar-refractivity contribution in [3.63, 3.8) is 0 Å². The summed E-state index contributed by atoms with van der Waals surface area (Å²) in [6.45, 7) is 3.34. The molecule has 1 aromatic carbocycles. The number of non-ortho nitro benzene ring substituents is 1. The number of carboxylic acid groups (broad SMARTS) is 1. The zero-order chi connectivity index (χ0) is 15.3. The van der Waals surface area contributed by atoms with Crippen LogP contribution in [0.25, 0.3) is 0 Å². The van der Waals surface area contributed by atoms with Gasteiger partial charge < -0.3 is 5.11 Å². The molecule has 20 heavy (non-hydrogen) atoms. The first-order valence-electron chi connectivity index (χ1n) is 5.38. The second kappa shape index (κ2) is 6.26. The molecule has 0 saturated heterocycles. The molecule has 1 aromatic rings. The number of nitrogens with zero attached hydrogens (tertiary/aromatic N) is 1. The second-order valence-corrected chi connectivity index (χ2v) is 5.50. The second-order valence-electron chi connectivity index (χ2n) is 3.79. The molecular weight excluding hydrogens is 288 g/mol. The van der Waals surface area contributed by atoms with E-state index in [-0.39, 0.29) is 11.3 Å². The molecule has 0 aromatic heterocycles. The van der Waals surface area contributed by atoms with Crippen LogP contribution in [0.5, 0.6) is 0 Å². The summed E-state index contributed by atoms with van der Waals surface area (Å²) in [4.78, 5) is 20.4. The molecule has 0 fully saturated rings. The molecule has 0 aliphatic heterocycles. The van der Waals surface area contributed by atoms with Crippen molar-refractivity contribution in [3.05, 3.63) is 47.0 Å². The first-order valence-corrected chi connectivity index (χ1v) is 6.86. The Morgan fingerprint density at radius 2 is 2.20 bits per heavy atom. The van der Waals surface area contributed by atoms with Gasteiger partial charge in [0.15, 0.2) is 0 Å². The molecule has 2 N–H and O–H groups in total. The van der Waals surface area contributed by atoms with E-state index in [1.54, 1.807) is 0 Å². The number of carbonyl (C=O) groups is 1. The molecule has 0 radical (unpaired) electrons. The summed E-state index contributed by atoms with van der Waals surface area (Å²) < 4.78 is 25.9. The Bertz CT molecular complexity index is 640. The fraction of sp³-hybridized carbons (Fsp3) is 0.182. The minimum atomic E-state index is -4.17. The van der Waals surface area contributed by atoms with Crippen LogP contribution in [0.3, 0.4) is 0 Å². The van der Waals surface area contributed by atoms with Crippen molar-refractivity contribution in [1.82, 2.24) is 4.72 Å². The normalized spacial score (nSPS) is 12.6. The molecular formula is C11H12N2O6S. The van der Waals surface area contributed by atoms with E-state index >= 15 is 0 Å². The van der Waals surface area contributed by atoms with Crippen LogP contribution < -0.4 is 4.72 Å². The highest BCUT2D eigenvalue weighted by atomic mass is 32.2. The predicted octanol–water partition coefficient (Wildman–Crippen LogP) is 0.902. The molecule has 0 spiro atoms. The van der Waals surface area contributed by atoms with Crippen LogP contribution in [-0.2, 0) is 14.8 Å². The van der Waals surface area contributed by atoms with Gasteiger partial charge in [0.05, 0.1) is 9.82 Å². The number of rotatable bonds is 7. The van der Waals surface area contributed by atoms with Gasteiger partial charge in [0.25, 0.3) is 5.69 Å². The number of nitro groups is 1. The summed E-state index contributed by atoms with van der Waals surface area (Å²) in [5.41, 5.74) is -0.400. The number of nitro benzene ring substituents is 1. The van der Waals surface area contributed by atoms with Gasteiger partial charge in [-0.15, -0.1) is 6.58 Å². The van der Waals surface area contributed by atoms with Gasteiger partial charge in [-0.25, -0.2) is 8.42 Å². The highest BCUT2D eigenvalue weighted by molar-refractivity contribution is 7.89. The summed E-state index contributed by atoms with van der Waals surface area (Å²) in [5.74, 6) is -1.36. The third-order valence-electron chi connectivity index (χ3n) is 2.34. The van der Waals surface area contributed by atoms with Gasteiger partial charge in [0.2, 0.25) is 10.0 Å². The van der Waals surface area contributed by atoms with Crippen molar-refractivity contribution in [2.75, 3.05) is 0 Å². The molecule has 0 aliphatic carbocycles. The van der Waals surface area contributed by atoms with E-state index in [0.717, 1.165) is 18.2 Å². The number of aliphatic carboxylic acids is 1. The predicted molar refractivity (Wildman–Crippen MR) is 69.7 cm³/mol. The van der Waals surface area contributed by atoms with Crippen LogP contribution >= 0.6 is 0 Å². The van der Waals surface area contributed by atoms with E-state index in [1.165, 1.54) is 12.1 Å². The summed E-state index contributed by atoms with van der Waals surface area (Å²) in [6, 6.07) is 2.96. The average molecular weight is 300 g/mol. The minimum absolute atomic E-state index is 0.108. The molecule has 0 aliphatic rings. The van der Waals surface area contributed by atoms with Crippen LogP contribution in [0, 0.1) is 10.1 Å². The molecule has 1 atom stereocenters. The fourth-order valence-electron chi connectivity index (χ4n) is 1.39. The number of nitrogens with one attached hydrogen (secondary N) is 1. The summed E-state index contributed by atoms with van der Waals surface area (Å²) in [5, 5.41) is 19.5. The van der Waals surface area contributed by atoms with Gasteiger partial charge in [0, 0.05) is 12.1 Å². The molecule has 0 amide bonds. The van der Waals surface area contributed by atoms with Crippen LogP contribution in [0.2, 0.25) is 0 Å². The Labute approximate surface area is 114 Å².